The van der Waals surface area contributed by atoms with Crippen molar-refractivity contribution < 1.29 is 4.79 Å². The molecule has 5 nitrogen and oxygen atoms in total. The molecule has 0 bridgehead atoms. The molecule has 3 aromatic rings. The molecule has 0 unspecified atom stereocenters. The molecular weight excluding hydrogens is 322 g/mol. The predicted molar refractivity (Wildman–Crippen MR) is 96.6 cm³/mol. The van der Waals surface area contributed by atoms with Crippen LogP contribution in [0.15, 0.2) is 34.6 Å². The van der Waals surface area contributed by atoms with Gasteiger partial charge in [-0.15, -0.1) is 11.3 Å². The first-order valence-corrected chi connectivity index (χ1v) is 8.51. The van der Waals surface area contributed by atoms with E-state index in [9.17, 15) is 9.59 Å². The summed E-state index contributed by atoms with van der Waals surface area (Å²) >= 11 is 1.55. The molecule has 1 amide bonds. The van der Waals surface area contributed by atoms with Crippen molar-refractivity contribution in [2.75, 3.05) is 7.05 Å². The first-order valence-electron chi connectivity index (χ1n) is 7.63. The fourth-order valence-electron chi connectivity index (χ4n) is 2.76. The van der Waals surface area contributed by atoms with E-state index in [1.165, 1.54) is 4.90 Å². The third kappa shape index (κ3) is 2.97. The van der Waals surface area contributed by atoms with E-state index in [2.05, 4.69) is 4.98 Å². The van der Waals surface area contributed by atoms with Gasteiger partial charge < -0.3 is 9.47 Å². The van der Waals surface area contributed by atoms with E-state index in [4.69, 9.17) is 0 Å². The Morgan fingerprint density at radius 2 is 2.08 bits per heavy atom. The van der Waals surface area contributed by atoms with Crippen LogP contribution < -0.4 is 5.43 Å². The summed E-state index contributed by atoms with van der Waals surface area (Å²) in [6.45, 7) is 4.25. The van der Waals surface area contributed by atoms with Gasteiger partial charge in [-0.3, -0.25) is 9.59 Å². The molecule has 0 atom stereocenters. The Morgan fingerprint density at radius 1 is 1.33 bits per heavy atom. The lowest BCUT2D eigenvalue weighted by Crippen LogP contribution is -2.31. The average molecular weight is 341 g/mol. The Balaban J connectivity index is 2.00. The van der Waals surface area contributed by atoms with Gasteiger partial charge in [0.25, 0.3) is 5.91 Å². The molecule has 6 heteroatoms. The quantitative estimate of drug-likeness (QED) is 0.736. The van der Waals surface area contributed by atoms with E-state index < -0.39 is 0 Å². The molecule has 0 N–H and O–H groups in total. The summed E-state index contributed by atoms with van der Waals surface area (Å²) in [6, 6.07) is 5.69. The number of amides is 1. The van der Waals surface area contributed by atoms with E-state index in [1.54, 1.807) is 24.6 Å². The molecule has 0 radical (unpaired) electrons. The van der Waals surface area contributed by atoms with Crippen LogP contribution >= 0.6 is 11.3 Å². The van der Waals surface area contributed by atoms with E-state index >= 15 is 0 Å². The summed E-state index contributed by atoms with van der Waals surface area (Å²) in [6.07, 6.45) is 1.62. The standard InChI is InChI=1S/C18H19N3O2S/c1-11-5-6-16-14(7-11)17(22)15(9-20(16)3)18(23)21(4)8-13-10-24-12(2)19-13/h5-7,9-10H,8H2,1-4H3. The second-order valence-corrected chi connectivity index (χ2v) is 7.08. The topological polar surface area (TPSA) is 55.2 Å². The summed E-state index contributed by atoms with van der Waals surface area (Å²) in [5.41, 5.74) is 2.61. The summed E-state index contributed by atoms with van der Waals surface area (Å²) in [7, 11) is 3.54. The van der Waals surface area contributed by atoms with Crippen LogP contribution in [0.4, 0.5) is 0 Å². The molecule has 0 saturated heterocycles. The van der Waals surface area contributed by atoms with Crippen molar-refractivity contribution in [2.45, 2.75) is 20.4 Å². The van der Waals surface area contributed by atoms with E-state index in [0.717, 1.165) is 21.8 Å². The first kappa shape index (κ1) is 16.4. The van der Waals surface area contributed by atoms with Gasteiger partial charge in [-0.25, -0.2) is 4.98 Å². The van der Waals surface area contributed by atoms with Crippen molar-refractivity contribution in [2.24, 2.45) is 7.05 Å². The molecule has 24 heavy (non-hydrogen) atoms. The van der Waals surface area contributed by atoms with Crippen LogP contribution in [0.1, 0.15) is 26.6 Å². The smallest absolute Gasteiger partial charge is 0.259 e. The van der Waals surface area contributed by atoms with Crippen LogP contribution in [0, 0.1) is 13.8 Å². The molecule has 0 aliphatic rings. The number of nitrogens with zero attached hydrogens (tertiary/aromatic N) is 3. The molecule has 2 heterocycles. The Morgan fingerprint density at radius 3 is 2.75 bits per heavy atom. The van der Waals surface area contributed by atoms with Crippen molar-refractivity contribution in [3.63, 3.8) is 0 Å². The number of pyridine rings is 1. The molecular formula is C18H19N3O2S. The van der Waals surface area contributed by atoms with Crippen molar-refractivity contribution >= 4 is 28.1 Å². The maximum Gasteiger partial charge on any atom is 0.259 e. The summed E-state index contributed by atoms with van der Waals surface area (Å²) in [5, 5.41) is 3.46. The normalized spacial score (nSPS) is 11.0. The minimum Gasteiger partial charge on any atom is -0.350 e. The fourth-order valence-corrected chi connectivity index (χ4v) is 3.36. The Kier molecular flexibility index (Phi) is 4.24. The molecule has 0 fully saturated rings. The van der Waals surface area contributed by atoms with Gasteiger partial charge in [-0.1, -0.05) is 11.6 Å². The van der Waals surface area contributed by atoms with Crippen LogP contribution in [0.5, 0.6) is 0 Å². The summed E-state index contributed by atoms with van der Waals surface area (Å²) in [4.78, 5) is 31.4. The number of hydrogen-bond donors (Lipinski definition) is 0. The zero-order chi connectivity index (χ0) is 17.4. The molecule has 0 aliphatic carbocycles. The van der Waals surface area contributed by atoms with E-state index in [0.29, 0.717) is 11.9 Å². The molecule has 1 aromatic carbocycles. The SMILES string of the molecule is Cc1ccc2c(c1)c(=O)c(C(=O)N(C)Cc1csc(C)n1)cn2C. The lowest BCUT2D eigenvalue weighted by atomic mass is 10.1. The third-order valence-corrected chi connectivity index (χ3v) is 4.81. The number of benzene rings is 1. The van der Waals surface area contributed by atoms with Crippen molar-refractivity contribution in [3.05, 3.63) is 61.8 Å². The van der Waals surface area contributed by atoms with Gasteiger partial charge in [0.05, 0.1) is 22.8 Å². The van der Waals surface area contributed by atoms with E-state index in [-0.39, 0.29) is 16.9 Å². The number of carbonyl (C=O) groups excluding carboxylic acids is 1. The van der Waals surface area contributed by atoms with Crippen molar-refractivity contribution in [3.8, 4) is 0 Å². The van der Waals surface area contributed by atoms with E-state index in [1.807, 2.05) is 49.0 Å². The number of carbonyl (C=O) groups is 1. The first-order chi connectivity index (χ1) is 11.4. The third-order valence-electron chi connectivity index (χ3n) is 3.99. The maximum absolute atomic E-state index is 12.8. The number of thiazole rings is 1. The van der Waals surface area contributed by atoms with Crippen LogP contribution in [0.2, 0.25) is 0 Å². The highest BCUT2D eigenvalue weighted by molar-refractivity contribution is 7.09. The summed E-state index contributed by atoms with van der Waals surface area (Å²) in [5.74, 6) is -0.287. The molecule has 2 aromatic heterocycles. The molecule has 0 saturated carbocycles. The Bertz CT molecular complexity index is 988. The Labute approximate surface area is 144 Å². The molecule has 0 aliphatic heterocycles. The largest absolute Gasteiger partial charge is 0.350 e. The second-order valence-electron chi connectivity index (χ2n) is 6.02. The van der Waals surface area contributed by atoms with Crippen molar-refractivity contribution in [1.29, 1.82) is 0 Å². The molecule has 0 spiro atoms. The van der Waals surface area contributed by atoms with Gasteiger partial charge in [0.15, 0.2) is 0 Å². The van der Waals surface area contributed by atoms with Crippen LogP contribution in [0.25, 0.3) is 10.9 Å². The number of aryl methyl sites for hydroxylation is 3. The second kappa shape index (κ2) is 6.20. The van der Waals surface area contributed by atoms with Gasteiger partial charge in [0.1, 0.15) is 5.56 Å². The van der Waals surface area contributed by atoms with Crippen molar-refractivity contribution in [1.82, 2.24) is 14.5 Å². The number of hydrogen-bond acceptors (Lipinski definition) is 4. The van der Waals surface area contributed by atoms with Crippen LogP contribution in [-0.4, -0.2) is 27.4 Å². The molecule has 124 valence electrons. The minimum atomic E-state index is -0.287. The van der Waals surface area contributed by atoms with Crippen LogP contribution in [-0.2, 0) is 13.6 Å². The lowest BCUT2D eigenvalue weighted by Gasteiger charge is -2.17. The average Bonchev–Trinajstić information content (AvgIpc) is 2.95. The highest BCUT2D eigenvalue weighted by Gasteiger charge is 2.19. The number of aromatic nitrogens is 2. The monoisotopic (exact) mass is 341 g/mol. The predicted octanol–water partition coefficient (Wildman–Crippen LogP) is 2.88. The highest BCUT2D eigenvalue weighted by Crippen LogP contribution is 2.15. The lowest BCUT2D eigenvalue weighted by molar-refractivity contribution is 0.0782. The number of fused-ring (bicyclic) bond motifs is 1. The Hall–Kier alpha value is -2.47. The zero-order valence-corrected chi connectivity index (χ0v) is 15.0. The van der Waals surface area contributed by atoms with Crippen LogP contribution in [0.3, 0.4) is 0 Å². The minimum absolute atomic E-state index is 0.185. The fraction of sp³-hybridized carbons (Fsp3) is 0.278. The molecule has 3 rings (SSSR count). The van der Waals surface area contributed by atoms with Gasteiger partial charge in [0.2, 0.25) is 5.43 Å². The van der Waals surface area contributed by atoms with Gasteiger partial charge in [0, 0.05) is 31.1 Å². The number of rotatable bonds is 3. The highest BCUT2D eigenvalue weighted by atomic mass is 32.1. The summed E-state index contributed by atoms with van der Waals surface area (Å²) < 4.78 is 1.82. The van der Waals surface area contributed by atoms with Gasteiger partial charge >= 0.3 is 0 Å². The maximum atomic E-state index is 12.8. The van der Waals surface area contributed by atoms with Gasteiger partial charge in [-0.2, -0.15) is 0 Å². The zero-order valence-electron chi connectivity index (χ0n) is 14.2. The van der Waals surface area contributed by atoms with Gasteiger partial charge in [-0.05, 0) is 26.0 Å².